The number of hydrogen-bond donors (Lipinski definition) is 1. The molecule has 1 fully saturated rings. The van der Waals surface area contributed by atoms with Crippen molar-refractivity contribution in [2.45, 2.75) is 33.1 Å². The summed E-state index contributed by atoms with van der Waals surface area (Å²) in [6, 6.07) is 6.21. The van der Waals surface area contributed by atoms with E-state index in [-0.39, 0.29) is 0 Å². The van der Waals surface area contributed by atoms with Gasteiger partial charge in [0.05, 0.1) is 21.8 Å². The first-order valence-corrected chi connectivity index (χ1v) is 8.81. The lowest BCUT2D eigenvalue weighted by Crippen LogP contribution is -2.33. The Hall–Kier alpha value is -1.13. The zero-order valence-corrected chi connectivity index (χ0v) is 13.7. The topological polar surface area (TPSA) is 34.1 Å². The molecule has 0 radical (unpaired) electrons. The van der Waals surface area contributed by atoms with Gasteiger partial charge in [-0.05, 0) is 62.9 Å². The number of fused-ring (bicyclic) bond motifs is 1. The average molecular weight is 304 g/mol. The van der Waals surface area contributed by atoms with Gasteiger partial charge in [0.25, 0.3) is 0 Å². The first-order valence-electron chi connectivity index (χ1n) is 7.99. The summed E-state index contributed by atoms with van der Waals surface area (Å²) in [5, 5.41) is 4.78. The Bertz CT molecular complexity index is 589. The number of nitrogens with one attached hydrogen (secondary N) is 1. The van der Waals surface area contributed by atoms with Gasteiger partial charge >= 0.3 is 0 Å². The van der Waals surface area contributed by atoms with Crippen LogP contribution in [-0.2, 0) is 6.42 Å². The molecule has 1 N–H and O–H groups in total. The van der Waals surface area contributed by atoms with E-state index in [0.717, 1.165) is 23.6 Å². The molecule has 1 aromatic heterocycles. The molecule has 3 rings (SSSR count). The molecule has 0 amide bonds. The monoisotopic (exact) mass is 304 g/mol. The first kappa shape index (κ1) is 14.8. The highest BCUT2D eigenvalue weighted by molar-refractivity contribution is 7.18. The third kappa shape index (κ3) is 3.55. The van der Waals surface area contributed by atoms with Gasteiger partial charge in [0.15, 0.2) is 0 Å². The first-order chi connectivity index (χ1) is 10.3. The summed E-state index contributed by atoms with van der Waals surface area (Å²) in [4.78, 5) is 4.79. The minimum absolute atomic E-state index is 0.699. The van der Waals surface area contributed by atoms with E-state index >= 15 is 0 Å². The van der Waals surface area contributed by atoms with Crippen LogP contribution < -0.4 is 10.1 Å². The molecule has 0 saturated carbocycles. The van der Waals surface area contributed by atoms with E-state index in [9.17, 15) is 0 Å². The maximum Gasteiger partial charge on any atom is 0.120 e. The van der Waals surface area contributed by atoms with Gasteiger partial charge in [-0.15, -0.1) is 11.3 Å². The molecule has 0 aliphatic carbocycles. The second kappa shape index (κ2) is 6.75. The molecule has 1 aromatic carbocycles. The number of hydrogen-bond acceptors (Lipinski definition) is 4. The Kier molecular flexibility index (Phi) is 4.76. The zero-order chi connectivity index (χ0) is 14.7. The Morgan fingerprint density at radius 1 is 1.48 bits per heavy atom. The van der Waals surface area contributed by atoms with Gasteiger partial charge in [0, 0.05) is 6.42 Å². The molecular formula is C17H24N2OS. The summed E-state index contributed by atoms with van der Waals surface area (Å²) < 4.78 is 6.81. The van der Waals surface area contributed by atoms with E-state index in [1.54, 1.807) is 0 Å². The molecule has 4 heteroatoms. The van der Waals surface area contributed by atoms with Crippen molar-refractivity contribution < 1.29 is 4.74 Å². The Labute approximate surface area is 130 Å². The van der Waals surface area contributed by atoms with Crippen LogP contribution in [-0.4, -0.2) is 24.7 Å². The summed E-state index contributed by atoms with van der Waals surface area (Å²) in [6.07, 6.45) is 3.76. The van der Waals surface area contributed by atoms with Crippen LogP contribution in [0, 0.1) is 11.8 Å². The summed E-state index contributed by atoms with van der Waals surface area (Å²) in [7, 11) is 0. The molecule has 1 aliphatic heterocycles. The normalized spacial score (nSPS) is 20.6. The molecule has 0 spiro atoms. The SMILES string of the molecule is CCOc1ccc2nc(CC(C)C3CCCNC3)sc2c1. The second-order valence-corrected chi connectivity index (χ2v) is 7.07. The van der Waals surface area contributed by atoms with Crippen LogP contribution in [0.4, 0.5) is 0 Å². The number of piperidine rings is 1. The second-order valence-electron chi connectivity index (χ2n) is 5.96. The third-order valence-corrected chi connectivity index (χ3v) is 5.39. The van der Waals surface area contributed by atoms with Crippen molar-refractivity contribution in [3.05, 3.63) is 23.2 Å². The summed E-state index contributed by atoms with van der Waals surface area (Å²) >= 11 is 1.82. The van der Waals surface area contributed by atoms with E-state index in [4.69, 9.17) is 9.72 Å². The van der Waals surface area contributed by atoms with Gasteiger partial charge in [-0.3, -0.25) is 0 Å². The number of benzene rings is 1. The molecule has 2 atom stereocenters. The molecule has 2 unspecified atom stereocenters. The number of aromatic nitrogens is 1. The minimum Gasteiger partial charge on any atom is -0.494 e. The van der Waals surface area contributed by atoms with Gasteiger partial charge in [-0.2, -0.15) is 0 Å². The van der Waals surface area contributed by atoms with Crippen LogP contribution in [0.25, 0.3) is 10.2 Å². The third-order valence-electron chi connectivity index (χ3n) is 4.35. The highest BCUT2D eigenvalue weighted by Crippen LogP contribution is 2.30. The van der Waals surface area contributed by atoms with Crippen LogP contribution in [0.2, 0.25) is 0 Å². The van der Waals surface area contributed by atoms with Crippen molar-refractivity contribution in [1.29, 1.82) is 0 Å². The highest BCUT2D eigenvalue weighted by Gasteiger charge is 2.21. The average Bonchev–Trinajstić information content (AvgIpc) is 2.90. The van der Waals surface area contributed by atoms with Crippen molar-refractivity contribution >= 4 is 21.6 Å². The van der Waals surface area contributed by atoms with Crippen LogP contribution in [0.3, 0.4) is 0 Å². The molecule has 2 aromatic rings. The fourth-order valence-electron chi connectivity index (χ4n) is 3.10. The largest absolute Gasteiger partial charge is 0.494 e. The molecule has 21 heavy (non-hydrogen) atoms. The summed E-state index contributed by atoms with van der Waals surface area (Å²) in [5.74, 6) is 2.44. The smallest absolute Gasteiger partial charge is 0.120 e. The van der Waals surface area contributed by atoms with E-state index in [0.29, 0.717) is 12.5 Å². The van der Waals surface area contributed by atoms with Crippen molar-refractivity contribution in [1.82, 2.24) is 10.3 Å². The lowest BCUT2D eigenvalue weighted by Gasteiger charge is -2.27. The maximum atomic E-state index is 5.57. The number of nitrogens with zero attached hydrogens (tertiary/aromatic N) is 1. The van der Waals surface area contributed by atoms with Crippen LogP contribution in [0.1, 0.15) is 31.7 Å². The van der Waals surface area contributed by atoms with Gasteiger partial charge < -0.3 is 10.1 Å². The van der Waals surface area contributed by atoms with E-state index < -0.39 is 0 Å². The van der Waals surface area contributed by atoms with Crippen molar-refractivity contribution in [2.75, 3.05) is 19.7 Å². The van der Waals surface area contributed by atoms with Crippen molar-refractivity contribution in [3.63, 3.8) is 0 Å². The van der Waals surface area contributed by atoms with Gasteiger partial charge in [-0.1, -0.05) is 6.92 Å². The minimum atomic E-state index is 0.699. The van der Waals surface area contributed by atoms with Gasteiger partial charge in [0.1, 0.15) is 5.75 Å². The van der Waals surface area contributed by atoms with Gasteiger partial charge in [-0.25, -0.2) is 4.98 Å². The fourth-order valence-corrected chi connectivity index (χ4v) is 4.24. The summed E-state index contributed by atoms with van der Waals surface area (Å²) in [5.41, 5.74) is 1.10. The Morgan fingerprint density at radius 3 is 3.14 bits per heavy atom. The lowest BCUT2D eigenvalue weighted by molar-refractivity contribution is 0.279. The quantitative estimate of drug-likeness (QED) is 0.910. The predicted molar refractivity (Wildman–Crippen MR) is 89.3 cm³/mol. The van der Waals surface area contributed by atoms with Crippen LogP contribution in [0.5, 0.6) is 5.75 Å². The van der Waals surface area contributed by atoms with E-state index in [2.05, 4.69) is 24.4 Å². The molecule has 2 heterocycles. The van der Waals surface area contributed by atoms with E-state index in [1.807, 2.05) is 24.3 Å². The van der Waals surface area contributed by atoms with Gasteiger partial charge in [0.2, 0.25) is 0 Å². The standard InChI is InChI=1S/C17H24N2OS/c1-3-20-14-6-7-15-16(10-14)21-17(19-15)9-12(2)13-5-4-8-18-11-13/h6-7,10,12-13,18H,3-5,8-9,11H2,1-2H3. The van der Waals surface area contributed by atoms with E-state index in [1.165, 1.54) is 35.6 Å². The number of thiazole rings is 1. The molecule has 3 nitrogen and oxygen atoms in total. The number of ether oxygens (including phenoxy) is 1. The molecule has 1 saturated heterocycles. The zero-order valence-electron chi connectivity index (χ0n) is 12.9. The van der Waals surface area contributed by atoms with Crippen LogP contribution in [0.15, 0.2) is 18.2 Å². The van der Waals surface area contributed by atoms with Crippen molar-refractivity contribution in [3.8, 4) is 5.75 Å². The summed E-state index contributed by atoms with van der Waals surface area (Å²) in [6.45, 7) is 7.45. The Morgan fingerprint density at radius 2 is 2.38 bits per heavy atom. The maximum absolute atomic E-state index is 5.57. The lowest BCUT2D eigenvalue weighted by atomic mass is 9.86. The molecular weight excluding hydrogens is 280 g/mol. The Balaban J connectivity index is 1.71. The molecule has 1 aliphatic rings. The number of rotatable bonds is 5. The van der Waals surface area contributed by atoms with Crippen LogP contribution >= 0.6 is 11.3 Å². The highest BCUT2D eigenvalue weighted by atomic mass is 32.1. The van der Waals surface area contributed by atoms with Crippen molar-refractivity contribution in [2.24, 2.45) is 11.8 Å². The molecule has 0 bridgehead atoms. The predicted octanol–water partition coefficient (Wildman–Crippen LogP) is 3.87. The fraction of sp³-hybridized carbons (Fsp3) is 0.588. The molecule has 114 valence electrons.